The van der Waals surface area contributed by atoms with E-state index in [-0.39, 0.29) is 11.8 Å². The SMILES string of the molecule is NNC(=O)c1cc(-c2ccc(C#Cc3ccc(C(=O)N4CCCCC4C(=O)NN)cc3Cl)cc2)nc2ccncc12. The second-order valence-electron chi connectivity index (χ2n) is 9.46. The van der Waals surface area contributed by atoms with E-state index in [4.69, 9.17) is 23.3 Å². The average Bonchev–Trinajstić information content (AvgIpc) is 3.02. The van der Waals surface area contributed by atoms with Crippen molar-refractivity contribution in [2.24, 2.45) is 11.7 Å². The Kier molecular flexibility index (Phi) is 8.21. The van der Waals surface area contributed by atoms with Crippen LogP contribution in [-0.2, 0) is 4.79 Å². The third-order valence-corrected chi connectivity index (χ3v) is 7.25. The van der Waals surface area contributed by atoms with Gasteiger partial charge in [0.1, 0.15) is 6.04 Å². The standard InChI is InChI=1S/C30H26ClN7O3/c31-24-15-21(30(41)38-14-2-1-3-27(38)29(40)37-33)11-10-19(24)7-4-18-5-8-20(9-6-18)26-16-22(28(39)36-32)23-17-34-13-12-25(23)35-26/h5-6,8-13,15-17,27H,1-3,14,32-33H2,(H,36,39)(H,37,40). The van der Waals surface area contributed by atoms with E-state index in [9.17, 15) is 14.4 Å². The number of fused-ring (bicyclic) bond motifs is 1. The van der Waals surface area contributed by atoms with Gasteiger partial charge >= 0.3 is 0 Å². The van der Waals surface area contributed by atoms with Crippen LogP contribution in [0.15, 0.2) is 67.0 Å². The highest BCUT2D eigenvalue weighted by molar-refractivity contribution is 6.32. The zero-order valence-corrected chi connectivity index (χ0v) is 22.6. The molecular formula is C30H26ClN7O3. The molecule has 3 amide bonds. The fraction of sp³-hybridized carbons (Fsp3) is 0.167. The van der Waals surface area contributed by atoms with Crippen LogP contribution in [-0.4, -0.2) is 45.2 Å². The zero-order chi connectivity index (χ0) is 28.9. The molecule has 4 aromatic rings. The topological polar surface area (TPSA) is 156 Å². The third kappa shape index (κ3) is 5.88. The third-order valence-electron chi connectivity index (χ3n) is 6.93. The van der Waals surface area contributed by atoms with Crippen LogP contribution in [0.5, 0.6) is 0 Å². The van der Waals surface area contributed by atoms with Gasteiger partial charge in [-0.25, -0.2) is 16.7 Å². The number of likely N-dealkylation sites (tertiary alicyclic amines) is 1. The van der Waals surface area contributed by atoms with Crippen molar-refractivity contribution in [3.05, 3.63) is 94.3 Å². The summed E-state index contributed by atoms with van der Waals surface area (Å²) in [6, 6.07) is 15.1. The number of nitrogens with two attached hydrogens (primary N) is 2. The Hall–Kier alpha value is -4.82. The molecule has 10 nitrogen and oxygen atoms in total. The van der Waals surface area contributed by atoms with Gasteiger partial charge in [-0.1, -0.05) is 35.6 Å². The normalized spacial score (nSPS) is 14.6. The Morgan fingerprint density at radius 2 is 1.78 bits per heavy atom. The van der Waals surface area contributed by atoms with E-state index in [1.54, 1.807) is 42.7 Å². The Labute approximate surface area is 241 Å². The number of aromatic nitrogens is 2. The highest BCUT2D eigenvalue weighted by atomic mass is 35.5. The van der Waals surface area contributed by atoms with Crippen LogP contribution < -0.4 is 22.5 Å². The summed E-state index contributed by atoms with van der Waals surface area (Å²) in [5, 5.41) is 0.931. The van der Waals surface area contributed by atoms with Crippen LogP contribution in [0.25, 0.3) is 22.2 Å². The number of nitrogen functional groups attached to an aromatic ring is 1. The monoisotopic (exact) mass is 567 g/mol. The maximum absolute atomic E-state index is 13.1. The number of carbonyl (C=O) groups is 3. The van der Waals surface area contributed by atoms with E-state index in [0.717, 1.165) is 24.0 Å². The highest BCUT2D eigenvalue weighted by Crippen LogP contribution is 2.26. The summed E-state index contributed by atoms with van der Waals surface area (Å²) in [7, 11) is 0. The van der Waals surface area contributed by atoms with Crippen LogP contribution in [0, 0.1) is 11.8 Å². The molecule has 3 heterocycles. The minimum absolute atomic E-state index is 0.277. The first kappa shape index (κ1) is 27.7. The molecule has 0 saturated carbocycles. The molecule has 5 rings (SSSR count). The van der Waals surface area contributed by atoms with Gasteiger partial charge in [-0.2, -0.15) is 0 Å². The Morgan fingerprint density at radius 3 is 2.51 bits per heavy atom. The van der Waals surface area contributed by atoms with Gasteiger partial charge in [0.25, 0.3) is 17.7 Å². The second-order valence-corrected chi connectivity index (χ2v) is 9.87. The number of nitrogens with zero attached hydrogens (tertiary/aromatic N) is 3. The number of piperidine rings is 1. The van der Waals surface area contributed by atoms with Crippen molar-refractivity contribution in [2.75, 3.05) is 6.54 Å². The van der Waals surface area contributed by atoms with Gasteiger partial charge in [-0.3, -0.25) is 30.2 Å². The number of hydrogen-bond donors (Lipinski definition) is 4. The van der Waals surface area contributed by atoms with Crippen molar-refractivity contribution in [3.63, 3.8) is 0 Å². The van der Waals surface area contributed by atoms with Crippen LogP contribution in [0.2, 0.25) is 5.02 Å². The van der Waals surface area contributed by atoms with Crippen LogP contribution in [0.3, 0.4) is 0 Å². The lowest BCUT2D eigenvalue weighted by molar-refractivity contribution is -0.126. The fourth-order valence-electron chi connectivity index (χ4n) is 4.80. The summed E-state index contributed by atoms with van der Waals surface area (Å²) in [5.74, 6) is 15.7. The molecule has 2 aromatic carbocycles. The van der Waals surface area contributed by atoms with Crippen LogP contribution in [0.4, 0.5) is 0 Å². The first-order valence-corrected chi connectivity index (χ1v) is 13.3. The average molecular weight is 568 g/mol. The van der Waals surface area contributed by atoms with Crippen molar-refractivity contribution in [3.8, 4) is 23.1 Å². The van der Waals surface area contributed by atoms with E-state index in [2.05, 4.69) is 32.7 Å². The van der Waals surface area contributed by atoms with E-state index >= 15 is 0 Å². The number of carbonyl (C=O) groups excluding carboxylic acids is 3. The van der Waals surface area contributed by atoms with E-state index in [1.165, 1.54) is 4.90 Å². The number of halogens is 1. The number of hydrogen-bond acceptors (Lipinski definition) is 7. The molecule has 2 aromatic heterocycles. The number of benzene rings is 2. The molecule has 0 radical (unpaired) electrons. The van der Waals surface area contributed by atoms with Gasteiger partial charge < -0.3 is 4.90 Å². The van der Waals surface area contributed by atoms with Gasteiger partial charge in [0.15, 0.2) is 0 Å². The smallest absolute Gasteiger partial charge is 0.265 e. The predicted molar refractivity (Wildman–Crippen MR) is 155 cm³/mol. The summed E-state index contributed by atoms with van der Waals surface area (Å²) >= 11 is 6.48. The second kappa shape index (κ2) is 12.1. The summed E-state index contributed by atoms with van der Waals surface area (Å²) in [4.78, 5) is 47.9. The summed E-state index contributed by atoms with van der Waals surface area (Å²) in [6.45, 7) is 0.472. The maximum atomic E-state index is 13.1. The molecular weight excluding hydrogens is 542 g/mol. The predicted octanol–water partition coefficient (Wildman–Crippen LogP) is 2.94. The fourth-order valence-corrected chi connectivity index (χ4v) is 5.03. The first-order chi connectivity index (χ1) is 19.9. The highest BCUT2D eigenvalue weighted by Gasteiger charge is 2.32. The zero-order valence-electron chi connectivity index (χ0n) is 21.9. The number of amides is 3. The Balaban J connectivity index is 1.35. The number of hydrazine groups is 2. The molecule has 1 fully saturated rings. The lowest BCUT2D eigenvalue weighted by Crippen LogP contribution is -2.53. The van der Waals surface area contributed by atoms with Gasteiger partial charge in [0.05, 0.1) is 21.8 Å². The summed E-state index contributed by atoms with van der Waals surface area (Å²) in [5.41, 5.74) is 8.38. The Morgan fingerprint density at radius 1 is 0.976 bits per heavy atom. The molecule has 1 saturated heterocycles. The van der Waals surface area contributed by atoms with E-state index < -0.39 is 11.9 Å². The molecule has 1 aliphatic rings. The minimum atomic E-state index is -0.603. The quantitative estimate of drug-likeness (QED) is 0.128. The number of rotatable bonds is 4. The van der Waals surface area contributed by atoms with Crippen LogP contribution >= 0.6 is 11.6 Å². The summed E-state index contributed by atoms with van der Waals surface area (Å²) in [6.07, 6.45) is 5.41. The van der Waals surface area contributed by atoms with Gasteiger partial charge in [0.2, 0.25) is 0 Å². The minimum Gasteiger partial charge on any atom is -0.327 e. The van der Waals surface area contributed by atoms with Crippen LogP contribution in [0.1, 0.15) is 51.1 Å². The summed E-state index contributed by atoms with van der Waals surface area (Å²) < 4.78 is 0. The van der Waals surface area contributed by atoms with E-state index in [1.807, 2.05) is 24.3 Å². The first-order valence-electron chi connectivity index (χ1n) is 12.9. The molecule has 1 unspecified atom stereocenters. The Bertz CT molecular complexity index is 1710. The molecule has 11 heteroatoms. The largest absolute Gasteiger partial charge is 0.327 e. The maximum Gasteiger partial charge on any atom is 0.265 e. The molecule has 0 bridgehead atoms. The van der Waals surface area contributed by atoms with Crippen molar-refractivity contribution in [2.45, 2.75) is 25.3 Å². The van der Waals surface area contributed by atoms with Crippen molar-refractivity contribution in [1.29, 1.82) is 0 Å². The molecule has 1 atom stereocenters. The van der Waals surface area contributed by atoms with Gasteiger partial charge in [-0.15, -0.1) is 0 Å². The van der Waals surface area contributed by atoms with Gasteiger partial charge in [-0.05, 0) is 61.7 Å². The molecule has 206 valence electrons. The molecule has 0 aliphatic carbocycles. The van der Waals surface area contributed by atoms with Crippen molar-refractivity contribution >= 4 is 40.2 Å². The lowest BCUT2D eigenvalue weighted by atomic mass is 10.00. The molecule has 0 spiro atoms. The van der Waals surface area contributed by atoms with Crippen molar-refractivity contribution < 1.29 is 14.4 Å². The van der Waals surface area contributed by atoms with E-state index in [0.29, 0.717) is 51.3 Å². The molecule has 1 aliphatic heterocycles. The lowest BCUT2D eigenvalue weighted by Gasteiger charge is -2.34. The number of nitrogens with one attached hydrogen (secondary N) is 2. The van der Waals surface area contributed by atoms with Crippen molar-refractivity contribution in [1.82, 2.24) is 25.7 Å². The number of pyridine rings is 2. The van der Waals surface area contributed by atoms with Gasteiger partial charge in [0, 0.05) is 46.6 Å². The molecule has 41 heavy (non-hydrogen) atoms. The molecule has 6 N–H and O–H groups in total.